The first-order chi connectivity index (χ1) is 6.15. The molecule has 0 spiro atoms. The van der Waals surface area contributed by atoms with E-state index in [9.17, 15) is 0 Å². The molecule has 2 heteroatoms. The van der Waals surface area contributed by atoms with E-state index in [-0.39, 0.29) is 0 Å². The number of hydrogen-bond acceptors (Lipinski definition) is 1. The Morgan fingerprint density at radius 1 is 1.38 bits per heavy atom. The molecule has 0 unspecified atom stereocenters. The van der Waals surface area contributed by atoms with E-state index in [0.717, 1.165) is 21.8 Å². The Morgan fingerprint density at radius 3 is 2.38 bits per heavy atom. The third kappa shape index (κ3) is 2.52. The molecule has 70 valence electrons. The minimum Gasteiger partial charge on any atom is -0.489 e. The molecule has 0 aliphatic rings. The van der Waals surface area contributed by atoms with Gasteiger partial charge in [-0.25, -0.2) is 0 Å². The predicted octanol–water partition coefficient (Wildman–Crippen LogP) is 2.24. The van der Waals surface area contributed by atoms with Gasteiger partial charge in [-0.1, -0.05) is 12.7 Å². The smallest absolute Gasteiger partial charge is 0.151 e. The predicted molar refractivity (Wildman–Crippen MR) is 60.0 cm³/mol. The fourth-order valence-corrected chi connectivity index (χ4v) is 1.75. The van der Waals surface area contributed by atoms with Crippen LogP contribution in [0.25, 0.3) is 0 Å². The maximum absolute atomic E-state index is 5.53. The van der Waals surface area contributed by atoms with Crippen molar-refractivity contribution in [3.05, 3.63) is 35.9 Å². The Bertz CT molecular complexity index is 295. The Morgan fingerprint density at radius 2 is 1.92 bits per heavy atom. The molecule has 1 aromatic carbocycles. The minimum atomic E-state index is 0.558. The molecule has 0 radical (unpaired) electrons. The first-order valence-electron chi connectivity index (χ1n) is 4.21. The van der Waals surface area contributed by atoms with Gasteiger partial charge in [0.25, 0.3) is 0 Å². The molecule has 1 aromatic rings. The van der Waals surface area contributed by atoms with Crippen LogP contribution in [0.4, 0.5) is 0 Å². The van der Waals surface area contributed by atoms with E-state index in [1.54, 1.807) is 6.08 Å². The summed E-state index contributed by atoms with van der Waals surface area (Å²) in [5.41, 5.74) is 2.29. The highest BCUT2D eigenvalue weighted by Crippen LogP contribution is 2.24. The fourth-order valence-electron chi connectivity index (χ4n) is 1.32. The maximum atomic E-state index is 5.53. The molecule has 0 saturated heterocycles. The van der Waals surface area contributed by atoms with Crippen LogP contribution in [0, 0.1) is 13.8 Å². The van der Waals surface area contributed by atoms with Crippen LogP contribution < -0.4 is 4.74 Å². The van der Waals surface area contributed by atoms with Gasteiger partial charge in [0.1, 0.15) is 12.4 Å². The summed E-state index contributed by atoms with van der Waals surface area (Å²) >= 11 is 3.49. The van der Waals surface area contributed by atoms with Crippen molar-refractivity contribution >= 4 is 12.6 Å². The quantitative estimate of drug-likeness (QED) is 0.531. The zero-order valence-electron chi connectivity index (χ0n) is 8.05. The molecule has 0 aliphatic heterocycles. The first kappa shape index (κ1) is 10.2. The van der Waals surface area contributed by atoms with E-state index >= 15 is 0 Å². The monoisotopic (exact) mass is 195 g/mol. The summed E-state index contributed by atoms with van der Waals surface area (Å²) in [5, 5.41) is 0. The summed E-state index contributed by atoms with van der Waals surface area (Å²) in [6.07, 6.45) is 1.75. The van der Waals surface area contributed by atoms with Crippen molar-refractivity contribution in [3.8, 4) is 5.75 Å². The number of hydrogen-bond donors (Lipinski definition) is 0. The number of ether oxygens (including phenoxy) is 1. The average molecular weight is 195 g/mol. The zero-order valence-corrected chi connectivity index (χ0v) is 9.05. The van der Waals surface area contributed by atoms with Gasteiger partial charge in [-0.3, -0.25) is 0 Å². The lowest BCUT2D eigenvalue weighted by atomic mass is 10.1. The lowest BCUT2D eigenvalue weighted by Gasteiger charge is -2.09. The van der Waals surface area contributed by atoms with E-state index in [4.69, 9.17) is 4.74 Å². The van der Waals surface area contributed by atoms with Crippen molar-refractivity contribution in [2.24, 2.45) is 0 Å². The molecule has 0 atom stereocenters. The van der Waals surface area contributed by atoms with Gasteiger partial charge < -0.3 is 4.74 Å². The van der Waals surface area contributed by atoms with Crippen molar-refractivity contribution in [2.45, 2.75) is 18.7 Å². The molecule has 0 heterocycles. The summed E-state index contributed by atoms with van der Waals surface area (Å²) in [4.78, 5) is 1.08. The van der Waals surface area contributed by atoms with E-state index < -0.39 is 0 Å². The molecule has 0 aliphatic carbocycles. The Hall–Kier alpha value is -0.890. The van der Waals surface area contributed by atoms with Crippen molar-refractivity contribution in [1.82, 2.24) is 0 Å². The summed E-state index contributed by atoms with van der Waals surface area (Å²) in [6.45, 7) is 8.25. The van der Waals surface area contributed by atoms with Gasteiger partial charge in [-0.2, -0.15) is 0 Å². The molecule has 0 amide bonds. The molecule has 0 N–H and O–H groups in total. The number of rotatable bonds is 3. The summed E-state index contributed by atoms with van der Waals surface area (Å²) in [6, 6.07) is 4.09. The topological polar surface area (TPSA) is 9.23 Å². The van der Waals surface area contributed by atoms with Crippen LogP contribution in [0.3, 0.4) is 0 Å². The van der Waals surface area contributed by atoms with Gasteiger partial charge in [-0.05, 0) is 49.7 Å². The second-order valence-electron chi connectivity index (χ2n) is 3.04. The second-order valence-corrected chi connectivity index (χ2v) is 3.62. The van der Waals surface area contributed by atoms with Crippen LogP contribution in [-0.4, -0.2) is 6.61 Å². The van der Waals surface area contributed by atoms with E-state index in [1.807, 2.05) is 26.0 Å². The summed E-state index contributed by atoms with van der Waals surface area (Å²) < 4.78 is 5.53. The summed E-state index contributed by atoms with van der Waals surface area (Å²) in [7, 11) is 0. The van der Waals surface area contributed by atoms with Gasteiger partial charge in [-0.15, -0.1) is 0 Å². The van der Waals surface area contributed by atoms with Gasteiger partial charge >= 0.3 is 0 Å². The van der Waals surface area contributed by atoms with Crippen LogP contribution >= 0.6 is 0 Å². The van der Waals surface area contributed by atoms with E-state index in [2.05, 4.69) is 19.2 Å². The standard InChI is InChI=1S/C11H14OS/c1-4-5-12-11-8(2)6-10(13)7-9(11)3/h4,6-7,13H,1,5H2,2-3H3/p+1. The fraction of sp³-hybridized carbons (Fsp3) is 0.273. The molecule has 0 bridgehead atoms. The molecule has 1 nitrogen and oxygen atoms in total. The lowest BCUT2D eigenvalue weighted by molar-refractivity contribution is 0.358. The second kappa shape index (κ2) is 4.38. The number of benzene rings is 1. The van der Waals surface area contributed by atoms with E-state index in [1.165, 1.54) is 0 Å². The highest BCUT2D eigenvalue weighted by molar-refractivity contribution is 7.58. The van der Waals surface area contributed by atoms with Crippen LogP contribution in [0.15, 0.2) is 29.7 Å². The average Bonchev–Trinajstić information content (AvgIpc) is 2.02. The lowest BCUT2D eigenvalue weighted by Crippen LogP contribution is -1.97. The largest absolute Gasteiger partial charge is 0.489 e. The zero-order chi connectivity index (χ0) is 9.84. The summed E-state index contributed by atoms with van der Waals surface area (Å²) in [5.74, 6) is 0.960. The molecular formula is C11H15OS+. The molecule has 0 fully saturated rings. The van der Waals surface area contributed by atoms with Gasteiger partial charge in [0, 0.05) is 0 Å². The Labute approximate surface area is 84.8 Å². The van der Waals surface area contributed by atoms with Crippen molar-refractivity contribution in [1.29, 1.82) is 0 Å². The van der Waals surface area contributed by atoms with Crippen LogP contribution in [-0.2, 0) is 12.6 Å². The van der Waals surface area contributed by atoms with Crippen molar-refractivity contribution in [3.63, 3.8) is 0 Å². The van der Waals surface area contributed by atoms with Gasteiger partial charge in [0.15, 0.2) is 4.90 Å². The minimum absolute atomic E-state index is 0.558. The van der Waals surface area contributed by atoms with Crippen LogP contribution in [0.1, 0.15) is 11.1 Å². The first-order valence-corrected chi connectivity index (χ1v) is 4.71. The molecule has 1 rings (SSSR count). The normalized spacial score (nSPS) is 9.77. The third-order valence-electron chi connectivity index (χ3n) is 1.81. The highest BCUT2D eigenvalue weighted by Gasteiger charge is 2.06. The van der Waals surface area contributed by atoms with E-state index in [0.29, 0.717) is 6.61 Å². The Balaban J connectivity index is 2.98. The third-order valence-corrected chi connectivity index (χ3v) is 2.09. The van der Waals surface area contributed by atoms with Gasteiger partial charge in [0.05, 0.1) is 0 Å². The molecule has 0 aromatic heterocycles. The van der Waals surface area contributed by atoms with Crippen molar-refractivity contribution in [2.75, 3.05) is 6.61 Å². The molecular weight excluding hydrogens is 180 g/mol. The van der Waals surface area contributed by atoms with Crippen LogP contribution in [0.2, 0.25) is 0 Å². The highest BCUT2D eigenvalue weighted by atomic mass is 32.1. The number of aryl methyl sites for hydroxylation is 2. The molecule has 0 saturated carbocycles. The maximum Gasteiger partial charge on any atom is 0.151 e. The SMILES string of the molecule is C=CCOc1c(C)cc([SH2+])cc1C. The Kier molecular flexibility index (Phi) is 3.43. The van der Waals surface area contributed by atoms with Crippen LogP contribution in [0.5, 0.6) is 5.75 Å². The van der Waals surface area contributed by atoms with Crippen molar-refractivity contribution < 1.29 is 4.74 Å². The van der Waals surface area contributed by atoms with Gasteiger partial charge in [0.2, 0.25) is 0 Å². The molecule has 13 heavy (non-hydrogen) atoms.